The highest BCUT2D eigenvalue weighted by atomic mass is 31.2. The minimum atomic E-state index is -3.30. The van der Waals surface area contributed by atoms with Gasteiger partial charge in [0.05, 0.1) is 0 Å². The van der Waals surface area contributed by atoms with Gasteiger partial charge in [0.25, 0.3) is 0 Å². The van der Waals surface area contributed by atoms with E-state index >= 15 is 0 Å². The van der Waals surface area contributed by atoms with Crippen molar-refractivity contribution >= 4 is 19.4 Å². The van der Waals surface area contributed by atoms with E-state index in [1.165, 1.54) is 0 Å². The first-order chi connectivity index (χ1) is 6.22. The summed E-state index contributed by atoms with van der Waals surface area (Å²) in [7, 11) is -3.30. The molecule has 82 valence electrons. The molecule has 0 aliphatic rings. The van der Waals surface area contributed by atoms with Gasteiger partial charge < -0.3 is 20.4 Å². The fourth-order valence-corrected chi connectivity index (χ4v) is 1.51. The third-order valence-electron chi connectivity index (χ3n) is 1.43. The molecule has 0 radical (unpaired) electrons. The second kappa shape index (κ2) is 4.97. The lowest BCUT2D eigenvalue weighted by atomic mass is 10.2. The summed E-state index contributed by atoms with van der Waals surface area (Å²) >= 11 is 0. The van der Waals surface area contributed by atoms with Crippen molar-refractivity contribution in [1.82, 2.24) is 5.32 Å². The van der Waals surface area contributed by atoms with Crippen LogP contribution < -0.4 is 5.32 Å². The zero-order chi connectivity index (χ0) is 11.4. The van der Waals surface area contributed by atoms with Gasteiger partial charge in [-0.25, -0.2) is 9.59 Å². The van der Waals surface area contributed by atoms with Crippen molar-refractivity contribution in [3.63, 3.8) is 0 Å². The fraction of sp³-hybridized carbons (Fsp3) is 0.667. The van der Waals surface area contributed by atoms with Crippen molar-refractivity contribution in [2.75, 3.05) is 12.8 Å². The largest absolute Gasteiger partial charge is 0.480 e. The number of nitrogens with one attached hydrogen (secondary N) is 1. The van der Waals surface area contributed by atoms with Crippen molar-refractivity contribution in [3.8, 4) is 0 Å². The molecule has 0 saturated carbocycles. The smallest absolute Gasteiger partial charge is 0.405 e. The predicted molar refractivity (Wildman–Crippen MR) is 47.8 cm³/mol. The monoisotopic (exact) mass is 225 g/mol. The molecule has 2 unspecified atom stereocenters. The quantitative estimate of drug-likeness (QED) is 0.488. The number of hydrogen-bond donors (Lipinski definition) is 4. The van der Waals surface area contributed by atoms with Crippen molar-refractivity contribution in [2.45, 2.75) is 12.5 Å². The summed E-state index contributed by atoms with van der Waals surface area (Å²) in [6, 6.07) is -1.34. The van der Waals surface area contributed by atoms with Gasteiger partial charge in [-0.1, -0.05) is 0 Å². The maximum absolute atomic E-state index is 10.8. The molecule has 0 rings (SSSR count). The molecule has 7 nitrogen and oxygen atoms in total. The highest BCUT2D eigenvalue weighted by Crippen LogP contribution is 2.35. The lowest BCUT2D eigenvalue weighted by molar-refractivity contribution is -0.139. The molecular formula is C6H12NO6P. The molecule has 0 bridgehead atoms. The zero-order valence-corrected chi connectivity index (χ0v) is 8.40. The maximum Gasteiger partial charge on any atom is 0.405 e. The summed E-state index contributed by atoms with van der Waals surface area (Å²) in [4.78, 5) is 29.5. The second-order valence-corrected chi connectivity index (χ2v) is 5.45. The Hall–Kier alpha value is -1.07. The average Bonchev–Trinajstić information content (AvgIpc) is 1.94. The molecule has 8 heteroatoms. The van der Waals surface area contributed by atoms with E-state index < -0.39 is 25.5 Å². The molecule has 0 heterocycles. The number of rotatable bonds is 5. The molecule has 0 aromatic carbocycles. The van der Waals surface area contributed by atoms with Gasteiger partial charge in [-0.2, -0.15) is 0 Å². The molecule has 0 aromatic rings. The molecule has 0 aliphatic carbocycles. The zero-order valence-electron chi connectivity index (χ0n) is 7.51. The van der Waals surface area contributed by atoms with Crippen LogP contribution in [-0.2, 0) is 9.36 Å². The summed E-state index contributed by atoms with van der Waals surface area (Å²) in [6.07, 6.45) is -1.91. The minimum absolute atomic E-state index is 0.202. The van der Waals surface area contributed by atoms with Crippen LogP contribution in [0.4, 0.5) is 4.79 Å². The van der Waals surface area contributed by atoms with Crippen molar-refractivity contribution in [3.05, 3.63) is 0 Å². The molecule has 0 saturated heterocycles. The number of carboxylic acids is 1. The average molecular weight is 225 g/mol. The van der Waals surface area contributed by atoms with Gasteiger partial charge in [0.1, 0.15) is 6.04 Å². The molecular weight excluding hydrogens is 213 g/mol. The number of carboxylic acid groups (broad SMARTS) is 2. The van der Waals surface area contributed by atoms with Crippen LogP contribution in [0.1, 0.15) is 6.42 Å². The number of carbonyl (C=O) groups is 2. The topological polar surface area (TPSA) is 124 Å². The third kappa shape index (κ3) is 6.45. The lowest BCUT2D eigenvalue weighted by Gasteiger charge is -2.12. The number of aliphatic carboxylic acids is 1. The third-order valence-corrected chi connectivity index (χ3v) is 2.52. The second-order valence-electron chi connectivity index (χ2n) is 2.90. The molecule has 0 aliphatic heterocycles. The standard InChI is InChI=1S/C6H12NO6P/c1-14(12,13)3-2-4(5(8)9)7-6(10)11/h4,7H,2-3H2,1H3,(H,8,9)(H,10,11)(H,12,13). The van der Waals surface area contributed by atoms with Gasteiger partial charge in [-0.3, -0.25) is 4.57 Å². The highest BCUT2D eigenvalue weighted by molar-refractivity contribution is 7.57. The van der Waals surface area contributed by atoms with E-state index in [-0.39, 0.29) is 12.6 Å². The molecule has 0 aromatic heterocycles. The lowest BCUT2D eigenvalue weighted by Crippen LogP contribution is -2.40. The van der Waals surface area contributed by atoms with Crippen LogP contribution in [-0.4, -0.2) is 46.0 Å². The Labute approximate surface area is 80.2 Å². The Balaban J connectivity index is 4.18. The first kappa shape index (κ1) is 12.9. The van der Waals surface area contributed by atoms with Crippen LogP contribution in [0.15, 0.2) is 0 Å². The number of amides is 1. The van der Waals surface area contributed by atoms with E-state index in [1.807, 2.05) is 0 Å². The molecule has 0 fully saturated rings. The Morgan fingerprint density at radius 3 is 2.21 bits per heavy atom. The summed E-state index contributed by atoms with van der Waals surface area (Å²) in [5.74, 6) is -1.36. The maximum atomic E-state index is 10.8. The van der Waals surface area contributed by atoms with Crippen LogP contribution in [0.25, 0.3) is 0 Å². The normalized spacial score (nSPS) is 16.7. The summed E-state index contributed by atoms with van der Waals surface area (Å²) in [6.45, 7) is 1.09. The van der Waals surface area contributed by atoms with Gasteiger partial charge in [0.15, 0.2) is 7.37 Å². The molecule has 1 amide bonds. The van der Waals surface area contributed by atoms with Crippen LogP contribution in [0, 0.1) is 0 Å². The van der Waals surface area contributed by atoms with Crippen molar-refractivity contribution in [1.29, 1.82) is 0 Å². The first-order valence-electron chi connectivity index (χ1n) is 3.74. The van der Waals surface area contributed by atoms with Gasteiger partial charge in [-0.05, 0) is 6.42 Å². The van der Waals surface area contributed by atoms with Gasteiger partial charge in [0.2, 0.25) is 0 Å². The van der Waals surface area contributed by atoms with Crippen molar-refractivity contribution in [2.24, 2.45) is 0 Å². The van der Waals surface area contributed by atoms with E-state index in [0.717, 1.165) is 6.66 Å². The SMILES string of the molecule is CP(=O)(O)CCC(NC(=O)O)C(=O)O. The van der Waals surface area contributed by atoms with Crippen LogP contribution in [0.5, 0.6) is 0 Å². The van der Waals surface area contributed by atoms with Crippen LogP contribution in [0.2, 0.25) is 0 Å². The Bertz CT molecular complexity index is 271. The highest BCUT2D eigenvalue weighted by Gasteiger charge is 2.22. The van der Waals surface area contributed by atoms with E-state index in [4.69, 9.17) is 15.1 Å². The number of hydrogen-bond acceptors (Lipinski definition) is 3. The fourth-order valence-electron chi connectivity index (χ4n) is 0.775. The Kier molecular flexibility index (Phi) is 4.59. The van der Waals surface area contributed by atoms with E-state index in [1.54, 1.807) is 5.32 Å². The van der Waals surface area contributed by atoms with Crippen LogP contribution >= 0.6 is 7.37 Å². The van der Waals surface area contributed by atoms with Crippen molar-refractivity contribution < 1.29 is 29.3 Å². The summed E-state index contributed by atoms with van der Waals surface area (Å²) in [5.41, 5.74) is 0. The van der Waals surface area contributed by atoms with E-state index in [2.05, 4.69) is 0 Å². The summed E-state index contributed by atoms with van der Waals surface area (Å²) in [5, 5.41) is 18.5. The summed E-state index contributed by atoms with van der Waals surface area (Å²) < 4.78 is 10.8. The van der Waals surface area contributed by atoms with Gasteiger partial charge in [0, 0.05) is 12.8 Å². The van der Waals surface area contributed by atoms with Gasteiger partial charge in [-0.15, -0.1) is 0 Å². The minimum Gasteiger partial charge on any atom is -0.480 e. The Morgan fingerprint density at radius 1 is 1.43 bits per heavy atom. The van der Waals surface area contributed by atoms with E-state index in [0.29, 0.717) is 0 Å². The van der Waals surface area contributed by atoms with E-state index in [9.17, 15) is 14.2 Å². The first-order valence-corrected chi connectivity index (χ1v) is 6.03. The predicted octanol–water partition coefficient (Wildman–Crippen LogP) is -0.00250. The molecule has 2 atom stereocenters. The molecule has 0 spiro atoms. The van der Waals surface area contributed by atoms with Gasteiger partial charge >= 0.3 is 12.1 Å². The molecule has 4 N–H and O–H groups in total. The van der Waals surface area contributed by atoms with Crippen LogP contribution in [0.3, 0.4) is 0 Å². The molecule has 14 heavy (non-hydrogen) atoms. The Morgan fingerprint density at radius 2 is 1.93 bits per heavy atom.